The van der Waals surface area contributed by atoms with Gasteiger partial charge >= 0.3 is 0 Å². The van der Waals surface area contributed by atoms with E-state index in [0.29, 0.717) is 18.4 Å². The number of rotatable bonds is 7. The predicted octanol–water partition coefficient (Wildman–Crippen LogP) is 5.09. The Morgan fingerprint density at radius 2 is 1.90 bits per heavy atom. The lowest BCUT2D eigenvalue weighted by Crippen LogP contribution is -2.29. The van der Waals surface area contributed by atoms with Crippen molar-refractivity contribution < 1.29 is 9.21 Å². The van der Waals surface area contributed by atoms with E-state index in [1.165, 1.54) is 19.4 Å². The quantitative estimate of drug-likeness (QED) is 0.529. The van der Waals surface area contributed by atoms with Crippen molar-refractivity contribution in [1.82, 2.24) is 9.88 Å². The largest absolute Gasteiger partial charge is 0.441 e. The van der Waals surface area contributed by atoms with Gasteiger partial charge in [0.1, 0.15) is 12.0 Å². The van der Waals surface area contributed by atoms with E-state index in [1.54, 1.807) is 0 Å². The third kappa shape index (κ3) is 4.33. The summed E-state index contributed by atoms with van der Waals surface area (Å²) in [4.78, 5) is 18.3. The van der Waals surface area contributed by atoms with Gasteiger partial charge in [-0.05, 0) is 62.1 Å². The summed E-state index contributed by atoms with van der Waals surface area (Å²) in [6.07, 6.45) is 4.90. The second-order valence-electron chi connectivity index (χ2n) is 7.90. The van der Waals surface area contributed by atoms with Crippen molar-refractivity contribution >= 4 is 6.29 Å². The Bertz CT molecular complexity index is 975. The molecule has 0 radical (unpaired) electrons. The minimum absolute atomic E-state index is 0.426. The molecule has 2 heterocycles. The van der Waals surface area contributed by atoms with Crippen molar-refractivity contribution in [2.75, 3.05) is 13.1 Å². The van der Waals surface area contributed by atoms with E-state index in [2.05, 4.69) is 30.0 Å². The molecular weight excluding hydrogens is 360 g/mol. The van der Waals surface area contributed by atoms with Gasteiger partial charge in [-0.3, -0.25) is 0 Å². The molecule has 29 heavy (non-hydrogen) atoms. The predicted molar refractivity (Wildman–Crippen MR) is 116 cm³/mol. The number of aryl methyl sites for hydroxylation is 1. The summed E-state index contributed by atoms with van der Waals surface area (Å²) in [6, 6.07) is 16.9. The van der Waals surface area contributed by atoms with Gasteiger partial charge in [-0.25, -0.2) is 4.98 Å². The van der Waals surface area contributed by atoms with Crippen LogP contribution >= 0.6 is 0 Å². The van der Waals surface area contributed by atoms with Crippen molar-refractivity contribution in [2.24, 2.45) is 0 Å². The zero-order valence-electron chi connectivity index (χ0n) is 17.2. The van der Waals surface area contributed by atoms with Crippen LogP contribution in [0.2, 0.25) is 0 Å². The first-order chi connectivity index (χ1) is 14.2. The molecule has 2 aromatic carbocycles. The summed E-state index contributed by atoms with van der Waals surface area (Å²) in [5.74, 6) is 1.59. The van der Waals surface area contributed by atoms with Gasteiger partial charge in [0.2, 0.25) is 5.89 Å². The van der Waals surface area contributed by atoms with Crippen LogP contribution in [0.4, 0.5) is 0 Å². The number of hydrogen-bond donors (Lipinski definition) is 0. The highest BCUT2D eigenvalue weighted by molar-refractivity contribution is 5.73. The molecule has 0 N–H and O–H groups in total. The van der Waals surface area contributed by atoms with Gasteiger partial charge in [-0.2, -0.15) is 0 Å². The molecule has 1 aromatic heterocycles. The Balaban J connectivity index is 1.50. The van der Waals surface area contributed by atoms with E-state index in [-0.39, 0.29) is 0 Å². The second-order valence-corrected chi connectivity index (χ2v) is 7.90. The number of nitrogens with zero attached hydrogens (tertiary/aromatic N) is 2. The minimum atomic E-state index is 0.426. The van der Waals surface area contributed by atoms with E-state index in [0.717, 1.165) is 53.0 Å². The highest BCUT2D eigenvalue weighted by Crippen LogP contribution is 2.28. The monoisotopic (exact) mass is 388 g/mol. The first kappa shape index (κ1) is 19.6. The molecule has 1 aliphatic heterocycles. The Morgan fingerprint density at radius 1 is 1.14 bits per heavy atom. The van der Waals surface area contributed by atoms with Crippen LogP contribution in [0.15, 0.2) is 52.9 Å². The molecule has 4 nitrogen and oxygen atoms in total. The average molecular weight is 389 g/mol. The number of oxazole rings is 1. The smallest absolute Gasteiger partial charge is 0.226 e. The van der Waals surface area contributed by atoms with Crippen LogP contribution in [-0.2, 0) is 17.6 Å². The molecule has 4 heteroatoms. The number of carbonyl (C=O) groups is 1. The fraction of sp³-hybridized carbons (Fsp3) is 0.360. The summed E-state index contributed by atoms with van der Waals surface area (Å²) in [5.41, 5.74) is 5.26. The van der Waals surface area contributed by atoms with Gasteiger partial charge in [0.05, 0.1) is 5.69 Å². The van der Waals surface area contributed by atoms with E-state index >= 15 is 0 Å². The number of carbonyl (C=O) groups excluding carboxylic acids is 1. The lowest BCUT2D eigenvalue weighted by molar-refractivity contribution is -0.107. The van der Waals surface area contributed by atoms with Crippen LogP contribution in [0.3, 0.4) is 0 Å². The molecule has 0 amide bonds. The Hall–Kier alpha value is -2.72. The summed E-state index contributed by atoms with van der Waals surface area (Å²) < 4.78 is 5.97. The number of hydrogen-bond acceptors (Lipinski definition) is 4. The number of benzene rings is 2. The summed E-state index contributed by atoms with van der Waals surface area (Å²) in [7, 11) is 0. The summed E-state index contributed by atoms with van der Waals surface area (Å²) in [5, 5.41) is 0. The van der Waals surface area contributed by atoms with E-state index < -0.39 is 0 Å². The van der Waals surface area contributed by atoms with E-state index in [1.807, 2.05) is 37.3 Å². The van der Waals surface area contributed by atoms with Gasteiger partial charge in [-0.15, -0.1) is 0 Å². The van der Waals surface area contributed by atoms with Crippen LogP contribution in [0, 0.1) is 6.92 Å². The van der Waals surface area contributed by atoms with Gasteiger partial charge in [0, 0.05) is 31.0 Å². The van der Waals surface area contributed by atoms with Crippen LogP contribution in [0.1, 0.15) is 36.8 Å². The molecular formula is C25H28N2O2. The number of aldehydes is 1. The molecule has 0 saturated carbocycles. The Labute approximate surface area is 172 Å². The molecule has 1 saturated heterocycles. The Morgan fingerprint density at radius 3 is 2.62 bits per heavy atom. The second kappa shape index (κ2) is 8.75. The molecule has 1 atom stereocenters. The first-order valence-electron chi connectivity index (χ1n) is 10.5. The molecule has 0 bridgehead atoms. The SMILES string of the molecule is Cc1oc(-c2ccc(-c3ccccc3CC=O)cc2)nc1CCN1CCC[C@H]1C. The highest BCUT2D eigenvalue weighted by atomic mass is 16.4. The van der Waals surface area contributed by atoms with Crippen molar-refractivity contribution in [3.05, 3.63) is 65.5 Å². The van der Waals surface area contributed by atoms with E-state index in [4.69, 9.17) is 9.40 Å². The molecule has 4 rings (SSSR count). The molecule has 0 unspecified atom stereocenters. The Kier molecular flexibility index (Phi) is 5.91. The van der Waals surface area contributed by atoms with Gasteiger partial charge < -0.3 is 14.1 Å². The highest BCUT2D eigenvalue weighted by Gasteiger charge is 2.21. The average Bonchev–Trinajstić information content (AvgIpc) is 3.32. The topological polar surface area (TPSA) is 46.3 Å². The van der Waals surface area contributed by atoms with Crippen LogP contribution in [0.25, 0.3) is 22.6 Å². The van der Waals surface area contributed by atoms with Crippen molar-refractivity contribution in [2.45, 2.75) is 45.6 Å². The molecule has 3 aromatic rings. The third-order valence-electron chi connectivity index (χ3n) is 5.98. The molecule has 1 fully saturated rings. The zero-order valence-corrected chi connectivity index (χ0v) is 17.2. The maximum absolute atomic E-state index is 11.0. The zero-order chi connectivity index (χ0) is 20.2. The van der Waals surface area contributed by atoms with Crippen molar-refractivity contribution in [3.8, 4) is 22.6 Å². The summed E-state index contributed by atoms with van der Waals surface area (Å²) in [6.45, 7) is 6.55. The number of aromatic nitrogens is 1. The van der Waals surface area contributed by atoms with Crippen LogP contribution in [0.5, 0.6) is 0 Å². The maximum Gasteiger partial charge on any atom is 0.226 e. The fourth-order valence-electron chi connectivity index (χ4n) is 4.22. The van der Waals surface area contributed by atoms with E-state index in [9.17, 15) is 4.79 Å². The summed E-state index contributed by atoms with van der Waals surface area (Å²) >= 11 is 0. The van der Waals surface area contributed by atoms with Crippen LogP contribution in [-0.4, -0.2) is 35.3 Å². The lowest BCUT2D eigenvalue weighted by Gasteiger charge is -2.20. The lowest BCUT2D eigenvalue weighted by atomic mass is 9.97. The van der Waals surface area contributed by atoms with Gasteiger partial charge in [-0.1, -0.05) is 36.4 Å². The fourth-order valence-corrected chi connectivity index (χ4v) is 4.22. The standard InChI is InChI=1S/C25H28N2O2/c1-18-6-5-15-27(18)16-13-24-19(2)29-25(26-24)22-11-9-21(10-12-22)23-8-4-3-7-20(23)14-17-28/h3-4,7-12,17-18H,5-6,13-16H2,1-2H3/t18-/m1/s1. The van der Waals surface area contributed by atoms with Crippen molar-refractivity contribution in [3.63, 3.8) is 0 Å². The van der Waals surface area contributed by atoms with Crippen LogP contribution < -0.4 is 0 Å². The molecule has 0 aliphatic carbocycles. The third-order valence-corrected chi connectivity index (χ3v) is 5.98. The number of likely N-dealkylation sites (tertiary alicyclic amines) is 1. The first-order valence-corrected chi connectivity index (χ1v) is 10.5. The maximum atomic E-state index is 11.0. The molecule has 150 valence electrons. The molecule has 0 spiro atoms. The van der Waals surface area contributed by atoms with Gasteiger partial charge in [0.15, 0.2) is 0 Å². The van der Waals surface area contributed by atoms with Gasteiger partial charge in [0.25, 0.3) is 0 Å². The normalized spacial score (nSPS) is 17.0. The molecule has 1 aliphatic rings. The minimum Gasteiger partial charge on any atom is -0.441 e. The van der Waals surface area contributed by atoms with Crippen molar-refractivity contribution in [1.29, 1.82) is 0 Å².